The van der Waals surface area contributed by atoms with E-state index in [4.69, 9.17) is 20.9 Å². The summed E-state index contributed by atoms with van der Waals surface area (Å²) in [5.74, 6) is -1.81. The number of carbonyl (C=O) groups excluding carboxylic acids is 3. The first kappa shape index (κ1) is 21.1. The molecule has 1 aromatic heterocycles. The third-order valence-corrected chi connectivity index (χ3v) is 5.90. The maximum atomic E-state index is 13.5. The van der Waals surface area contributed by atoms with E-state index in [2.05, 4.69) is 21.1 Å². The highest BCUT2D eigenvalue weighted by Gasteiger charge is 2.55. The standard InChI is InChI=1S/C20H20ClFN4O5/c1-11-8-15(31-26-11)17(28)24-20-6-4-19(5-7-20,18(29)25-20)23-16(27)10-30-12-2-3-13(21)14(22)9-12/h2-3,8-9H,4-7,10H2,1H3,(H,23,27)(H,24,28)(H,25,29). The molecule has 0 atom stereocenters. The minimum atomic E-state index is -1.08. The molecule has 0 spiro atoms. The van der Waals surface area contributed by atoms with Crippen molar-refractivity contribution in [3.63, 3.8) is 0 Å². The Bertz CT molecular complexity index is 1050. The van der Waals surface area contributed by atoms with E-state index in [1.807, 2.05) is 0 Å². The molecule has 31 heavy (non-hydrogen) atoms. The van der Waals surface area contributed by atoms with Crippen LogP contribution in [-0.2, 0) is 9.59 Å². The Balaban J connectivity index is 1.35. The molecular formula is C20H20ClFN4O5. The van der Waals surface area contributed by atoms with Crippen molar-refractivity contribution in [1.29, 1.82) is 0 Å². The highest BCUT2D eigenvalue weighted by atomic mass is 35.5. The van der Waals surface area contributed by atoms with Gasteiger partial charge in [-0.3, -0.25) is 14.4 Å². The van der Waals surface area contributed by atoms with E-state index in [1.54, 1.807) is 6.92 Å². The number of halogens is 2. The van der Waals surface area contributed by atoms with Gasteiger partial charge >= 0.3 is 0 Å². The smallest absolute Gasteiger partial charge is 0.291 e. The first-order valence-electron chi connectivity index (χ1n) is 9.68. The second kappa shape index (κ2) is 7.84. The molecule has 3 aliphatic rings. The lowest BCUT2D eigenvalue weighted by molar-refractivity contribution is -0.144. The Labute approximate surface area is 181 Å². The molecule has 2 aromatic rings. The summed E-state index contributed by atoms with van der Waals surface area (Å²) in [6.45, 7) is 1.31. The van der Waals surface area contributed by atoms with Gasteiger partial charge in [-0.25, -0.2) is 4.39 Å². The lowest BCUT2D eigenvalue weighted by atomic mass is 9.71. The van der Waals surface area contributed by atoms with Crippen LogP contribution in [0.2, 0.25) is 5.02 Å². The molecule has 0 unspecified atom stereocenters. The minimum Gasteiger partial charge on any atom is -0.484 e. The van der Waals surface area contributed by atoms with Gasteiger partial charge in [-0.1, -0.05) is 16.8 Å². The predicted octanol–water partition coefficient (Wildman–Crippen LogP) is 1.84. The number of piperidine rings is 2. The second-order valence-electron chi connectivity index (χ2n) is 7.82. The molecule has 1 saturated carbocycles. The van der Waals surface area contributed by atoms with Gasteiger partial charge in [0.1, 0.15) is 22.8 Å². The first-order chi connectivity index (χ1) is 14.7. The van der Waals surface area contributed by atoms with Crippen molar-refractivity contribution in [3.05, 3.63) is 46.6 Å². The van der Waals surface area contributed by atoms with Crippen molar-refractivity contribution in [1.82, 2.24) is 21.1 Å². The Hall–Kier alpha value is -3.14. The van der Waals surface area contributed by atoms with Gasteiger partial charge in [0.05, 0.1) is 10.7 Å². The number of hydrogen-bond acceptors (Lipinski definition) is 6. The number of aryl methyl sites for hydroxylation is 1. The van der Waals surface area contributed by atoms with Crippen molar-refractivity contribution in [3.8, 4) is 5.75 Å². The van der Waals surface area contributed by atoms with Crippen molar-refractivity contribution >= 4 is 29.3 Å². The van der Waals surface area contributed by atoms with Crippen molar-refractivity contribution in [2.24, 2.45) is 0 Å². The van der Waals surface area contributed by atoms with Gasteiger partial charge in [-0.05, 0) is 44.7 Å². The minimum absolute atomic E-state index is 0.0502. The normalized spacial score (nSPS) is 24.4. The van der Waals surface area contributed by atoms with Gasteiger partial charge in [-0.2, -0.15) is 0 Å². The molecular weight excluding hydrogens is 431 g/mol. The molecule has 0 radical (unpaired) electrons. The summed E-state index contributed by atoms with van der Waals surface area (Å²) >= 11 is 5.62. The molecule has 3 amide bonds. The highest BCUT2D eigenvalue weighted by molar-refractivity contribution is 6.30. The number of benzene rings is 1. The predicted molar refractivity (Wildman–Crippen MR) is 106 cm³/mol. The number of amides is 3. The van der Waals surface area contributed by atoms with Gasteiger partial charge < -0.3 is 25.2 Å². The molecule has 2 saturated heterocycles. The molecule has 3 heterocycles. The van der Waals surface area contributed by atoms with Gasteiger partial charge in [0.25, 0.3) is 11.8 Å². The van der Waals surface area contributed by atoms with Crippen molar-refractivity contribution < 1.29 is 28.0 Å². The quantitative estimate of drug-likeness (QED) is 0.617. The summed E-state index contributed by atoms with van der Waals surface area (Å²) in [7, 11) is 0. The molecule has 11 heteroatoms. The summed E-state index contributed by atoms with van der Waals surface area (Å²) in [6, 6.07) is 5.36. The van der Waals surface area contributed by atoms with Gasteiger partial charge in [0.2, 0.25) is 11.7 Å². The molecule has 3 N–H and O–H groups in total. The van der Waals surface area contributed by atoms with Crippen LogP contribution in [0.1, 0.15) is 41.9 Å². The van der Waals surface area contributed by atoms with Crippen LogP contribution < -0.4 is 20.7 Å². The van der Waals surface area contributed by atoms with Crippen LogP contribution >= 0.6 is 11.6 Å². The van der Waals surface area contributed by atoms with E-state index >= 15 is 0 Å². The molecule has 1 aromatic carbocycles. The van der Waals surface area contributed by atoms with E-state index in [1.165, 1.54) is 18.2 Å². The molecule has 2 aliphatic heterocycles. The van der Waals surface area contributed by atoms with Gasteiger partial charge in [0.15, 0.2) is 6.61 Å². The summed E-state index contributed by atoms with van der Waals surface area (Å²) < 4.78 is 23.7. The van der Waals surface area contributed by atoms with Gasteiger partial charge in [0, 0.05) is 12.1 Å². The topological polar surface area (TPSA) is 123 Å². The summed E-state index contributed by atoms with van der Waals surface area (Å²) in [5.41, 5.74) is -1.41. The zero-order valence-electron chi connectivity index (χ0n) is 16.6. The summed E-state index contributed by atoms with van der Waals surface area (Å²) in [6.07, 6.45) is 1.55. The van der Waals surface area contributed by atoms with Crippen LogP contribution in [0.25, 0.3) is 0 Å². The van der Waals surface area contributed by atoms with E-state index in [9.17, 15) is 18.8 Å². The van der Waals surface area contributed by atoms with Crippen LogP contribution in [0.3, 0.4) is 0 Å². The fourth-order valence-electron chi connectivity index (χ4n) is 3.90. The number of nitrogens with one attached hydrogen (secondary N) is 3. The van der Waals surface area contributed by atoms with E-state index in [0.717, 1.165) is 6.07 Å². The van der Waals surface area contributed by atoms with Crippen LogP contribution in [0.4, 0.5) is 4.39 Å². The number of hydrogen-bond donors (Lipinski definition) is 3. The van der Waals surface area contributed by atoms with Gasteiger partial charge in [-0.15, -0.1) is 0 Å². The zero-order chi connectivity index (χ0) is 22.2. The SMILES string of the molecule is Cc1cc(C(=O)NC23CCC(NC(=O)COc4ccc(Cl)c(F)c4)(CC2)C(=O)N3)on1. The molecule has 3 fully saturated rings. The molecule has 2 bridgehead atoms. The number of nitrogens with zero attached hydrogens (tertiary/aromatic N) is 1. The van der Waals surface area contributed by atoms with E-state index in [-0.39, 0.29) is 29.0 Å². The highest BCUT2D eigenvalue weighted by Crippen LogP contribution is 2.39. The third kappa shape index (κ3) is 4.20. The zero-order valence-corrected chi connectivity index (χ0v) is 17.3. The third-order valence-electron chi connectivity index (χ3n) is 5.59. The lowest BCUT2D eigenvalue weighted by Crippen LogP contribution is -2.76. The van der Waals surface area contributed by atoms with E-state index in [0.29, 0.717) is 31.4 Å². The fraction of sp³-hybridized carbons (Fsp3) is 0.400. The molecule has 1 aliphatic carbocycles. The van der Waals surface area contributed by atoms with Crippen LogP contribution in [-0.4, -0.2) is 40.7 Å². The molecule has 9 nitrogen and oxygen atoms in total. The maximum Gasteiger partial charge on any atom is 0.291 e. The maximum absolute atomic E-state index is 13.5. The second-order valence-corrected chi connectivity index (χ2v) is 8.22. The number of fused-ring (bicyclic) bond motifs is 3. The summed E-state index contributed by atoms with van der Waals surface area (Å²) in [4.78, 5) is 37.6. The molecule has 5 rings (SSSR count). The Morgan fingerprint density at radius 3 is 2.61 bits per heavy atom. The number of rotatable bonds is 6. The largest absolute Gasteiger partial charge is 0.484 e. The number of aromatic nitrogens is 1. The van der Waals surface area contributed by atoms with E-state index < -0.39 is 28.8 Å². The first-order valence-corrected chi connectivity index (χ1v) is 10.1. The average molecular weight is 451 g/mol. The molecule has 164 valence electrons. The lowest BCUT2D eigenvalue weighted by Gasteiger charge is -2.52. The van der Waals surface area contributed by atoms with Crippen LogP contribution in [0.15, 0.2) is 28.8 Å². The average Bonchev–Trinajstić information content (AvgIpc) is 3.17. The van der Waals surface area contributed by atoms with Crippen LogP contribution in [0.5, 0.6) is 5.75 Å². The van der Waals surface area contributed by atoms with Crippen molar-refractivity contribution in [2.45, 2.75) is 43.8 Å². The Kier molecular flexibility index (Phi) is 5.34. The number of carbonyl (C=O) groups is 3. The Morgan fingerprint density at radius 1 is 1.26 bits per heavy atom. The monoisotopic (exact) mass is 450 g/mol. The number of ether oxygens (including phenoxy) is 1. The summed E-state index contributed by atoms with van der Waals surface area (Å²) in [5, 5.41) is 12.0. The fourth-order valence-corrected chi connectivity index (χ4v) is 4.02. The Morgan fingerprint density at radius 2 is 2.00 bits per heavy atom. The van der Waals surface area contributed by atoms with Crippen LogP contribution in [0, 0.1) is 12.7 Å². The van der Waals surface area contributed by atoms with Crippen molar-refractivity contribution in [2.75, 3.05) is 6.61 Å².